The van der Waals surface area contributed by atoms with Crippen LogP contribution in [0.15, 0.2) is 79.4 Å². The van der Waals surface area contributed by atoms with Crippen molar-refractivity contribution in [3.63, 3.8) is 0 Å². The minimum Gasteiger partial charge on any atom is -0.453 e. The molecule has 29 heavy (non-hydrogen) atoms. The second kappa shape index (κ2) is 7.96. The van der Waals surface area contributed by atoms with Crippen LogP contribution < -0.4 is 9.30 Å². The topological polar surface area (TPSA) is 18.0 Å². The van der Waals surface area contributed by atoms with Crippen molar-refractivity contribution in [3.8, 4) is 17.2 Å². The van der Waals surface area contributed by atoms with Crippen LogP contribution in [0.5, 0.6) is 11.5 Å². The molecule has 0 aliphatic heterocycles. The molecule has 4 rings (SSSR count). The highest BCUT2D eigenvalue weighted by Gasteiger charge is 2.15. The summed E-state index contributed by atoms with van der Waals surface area (Å²) in [6.07, 6.45) is 6.32. The number of rotatable bonds is 5. The van der Waals surface area contributed by atoms with Gasteiger partial charge < -0.3 is 4.74 Å². The number of aromatic nitrogens is 2. The molecule has 0 bridgehead atoms. The van der Waals surface area contributed by atoms with Crippen LogP contribution in [0.25, 0.3) is 5.69 Å². The first-order chi connectivity index (χ1) is 14.0. The Hall–Kier alpha value is -3.33. The molecule has 0 spiro atoms. The number of imidazole rings is 1. The molecule has 0 fully saturated rings. The zero-order valence-corrected chi connectivity index (χ0v) is 17.5. The highest BCUT2D eigenvalue weighted by molar-refractivity contribution is 5.49. The van der Waals surface area contributed by atoms with Gasteiger partial charge in [0.15, 0.2) is 11.4 Å². The number of para-hydroxylation sites is 3. The summed E-state index contributed by atoms with van der Waals surface area (Å²) in [6.45, 7) is 9.45. The summed E-state index contributed by atoms with van der Waals surface area (Å²) in [5.41, 5.74) is 7.51. The number of nitrogens with zero attached hydrogens (tertiary/aromatic N) is 2. The Morgan fingerprint density at radius 3 is 2.17 bits per heavy atom. The molecule has 1 heterocycles. The van der Waals surface area contributed by atoms with Gasteiger partial charge in [-0.25, -0.2) is 4.57 Å². The van der Waals surface area contributed by atoms with Crippen molar-refractivity contribution in [1.82, 2.24) is 4.57 Å². The van der Waals surface area contributed by atoms with E-state index >= 15 is 0 Å². The molecule has 0 N–H and O–H groups in total. The van der Waals surface area contributed by atoms with Gasteiger partial charge in [0.25, 0.3) is 0 Å². The zero-order valence-electron chi connectivity index (χ0n) is 17.5. The quantitative estimate of drug-likeness (QED) is 0.396. The molecule has 0 unspecified atom stereocenters. The molecule has 0 saturated heterocycles. The Morgan fingerprint density at radius 2 is 1.45 bits per heavy atom. The normalized spacial score (nSPS) is 10.9. The molecular weight excluding hydrogens is 356 g/mol. The first-order valence-electron chi connectivity index (χ1n) is 9.98. The van der Waals surface area contributed by atoms with Crippen molar-refractivity contribution < 1.29 is 9.30 Å². The number of hydrogen-bond donors (Lipinski definition) is 0. The van der Waals surface area contributed by atoms with Gasteiger partial charge in [-0.15, -0.1) is 0 Å². The third kappa shape index (κ3) is 4.09. The van der Waals surface area contributed by atoms with E-state index in [0.29, 0.717) is 0 Å². The zero-order chi connectivity index (χ0) is 20.4. The van der Waals surface area contributed by atoms with Gasteiger partial charge in [-0.2, -0.15) is 4.57 Å². The third-order valence-electron chi connectivity index (χ3n) is 5.33. The van der Waals surface area contributed by atoms with Crippen molar-refractivity contribution in [1.29, 1.82) is 0 Å². The van der Waals surface area contributed by atoms with Crippen molar-refractivity contribution in [2.24, 2.45) is 0 Å². The fraction of sp³-hybridized carbons (Fsp3) is 0.192. The van der Waals surface area contributed by atoms with E-state index < -0.39 is 0 Å². The first kappa shape index (κ1) is 19.0. The van der Waals surface area contributed by atoms with Crippen LogP contribution in [-0.4, -0.2) is 4.57 Å². The van der Waals surface area contributed by atoms with Gasteiger partial charge in [-0.3, -0.25) is 0 Å². The van der Waals surface area contributed by atoms with Crippen molar-refractivity contribution in [2.75, 3.05) is 0 Å². The predicted octanol–water partition coefficient (Wildman–Crippen LogP) is 5.84. The molecule has 3 aromatic carbocycles. The second-order valence-electron chi connectivity index (χ2n) is 7.71. The number of ether oxygens (including phenoxy) is 1. The monoisotopic (exact) mass is 383 g/mol. The predicted molar refractivity (Wildman–Crippen MR) is 117 cm³/mol. The lowest BCUT2D eigenvalue weighted by Gasteiger charge is -2.10. The minimum atomic E-state index is 0.840. The Morgan fingerprint density at radius 1 is 0.793 bits per heavy atom. The standard InChI is InChI=1S/C26H27N2O/c1-19-15-21(3)23(22(4)16-19)17-27-13-14-28(18-27)24-10-6-8-12-26(24)29-25-11-7-5-9-20(25)2/h5-16,18H,17H2,1-4H3/q+1. The van der Waals surface area contributed by atoms with Gasteiger partial charge in [0, 0.05) is 0 Å². The van der Waals surface area contributed by atoms with Gasteiger partial charge in [0.05, 0.1) is 0 Å². The van der Waals surface area contributed by atoms with E-state index in [1.807, 2.05) is 36.4 Å². The average Bonchev–Trinajstić information content (AvgIpc) is 3.15. The van der Waals surface area contributed by atoms with Crippen LogP contribution in [0.4, 0.5) is 0 Å². The Balaban J connectivity index is 1.63. The van der Waals surface area contributed by atoms with Crippen LogP contribution >= 0.6 is 0 Å². The van der Waals surface area contributed by atoms with E-state index in [-0.39, 0.29) is 0 Å². The molecule has 0 radical (unpaired) electrons. The highest BCUT2D eigenvalue weighted by atomic mass is 16.5. The third-order valence-corrected chi connectivity index (χ3v) is 5.33. The van der Waals surface area contributed by atoms with Crippen molar-refractivity contribution in [2.45, 2.75) is 34.2 Å². The Labute approximate surface area is 172 Å². The smallest absolute Gasteiger partial charge is 0.249 e. The highest BCUT2D eigenvalue weighted by Crippen LogP contribution is 2.29. The lowest BCUT2D eigenvalue weighted by molar-refractivity contribution is -0.687. The van der Waals surface area contributed by atoms with Gasteiger partial charge >= 0.3 is 0 Å². The SMILES string of the molecule is Cc1cc(C)c(C[n+]2ccn(-c3ccccc3Oc3ccccc3C)c2)c(C)c1. The molecule has 3 nitrogen and oxygen atoms in total. The molecule has 1 aromatic heterocycles. The maximum absolute atomic E-state index is 6.24. The summed E-state index contributed by atoms with van der Waals surface area (Å²) < 4.78 is 10.6. The average molecular weight is 384 g/mol. The largest absolute Gasteiger partial charge is 0.453 e. The van der Waals surface area contributed by atoms with Gasteiger partial charge in [0.2, 0.25) is 6.33 Å². The van der Waals surface area contributed by atoms with Crippen molar-refractivity contribution in [3.05, 3.63) is 107 Å². The van der Waals surface area contributed by atoms with Gasteiger partial charge in [-0.1, -0.05) is 48.0 Å². The Kier molecular flexibility index (Phi) is 5.22. The maximum Gasteiger partial charge on any atom is 0.249 e. The Bertz CT molecular complexity index is 1130. The van der Waals surface area contributed by atoms with E-state index in [1.54, 1.807) is 0 Å². The van der Waals surface area contributed by atoms with Gasteiger partial charge in [-0.05, 0) is 68.1 Å². The van der Waals surface area contributed by atoms with E-state index in [9.17, 15) is 0 Å². The summed E-state index contributed by atoms with van der Waals surface area (Å²) in [5, 5.41) is 0. The van der Waals surface area contributed by atoms with E-state index in [2.05, 4.69) is 79.8 Å². The lowest BCUT2D eigenvalue weighted by atomic mass is 10.00. The summed E-state index contributed by atoms with van der Waals surface area (Å²) in [5.74, 6) is 1.72. The van der Waals surface area contributed by atoms with E-state index in [0.717, 1.165) is 29.3 Å². The maximum atomic E-state index is 6.24. The number of aryl methyl sites for hydroxylation is 4. The molecule has 3 heteroatoms. The summed E-state index contributed by atoms with van der Waals surface area (Å²) in [4.78, 5) is 0. The number of hydrogen-bond acceptors (Lipinski definition) is 1. The van der Waals surface area contributed by atoms with E-state index in [4.69, 9.17) is 4.74 Å². The second-order valence-corrected chi connectivity index (χ2v) is 7.71. The van der Waals surface area contributed by atoms with Crippen LogP contribution in [-0.2, 0) is 6.54 Å². The lowest BCUT2D eigenvalue weighted by Crippen LogP contribution is -2.32. The molecule has 146 valence electrons. The van der Waals surface area contributed by atoms with E-state index in [1.165, 1.54) is 22.3 Å². The number of benzene rings is 3. The molecular formula is C26H27N2O+. The molecule has 0 atom stereocenters. The summed E-state index contributed by atoms with van der Waals surface area (Å²) in [6, 6.07) is 20.8. The fourth-order valence-electron chi connectivity index (χ4n) is 3.82. The van der Waals surface area contributed by atoms with Gasteiger partial charge in [0.1, 0.15) is 24.7 Å². The van der Waals surface area contributed by atoms with Crippen molar-refractivity contribution >= 4 is 0 Å². The first-order valence-corrected chi connectivity index (χ1v) is 9.98. The molecule has 0 aliphatic rings. The molecule has 0 aliphatic carbocycles. The molecule has 0 saturated carbocycles. The fourth-order valence-corrected chi connectivity index (χ4v) is 3.82. The molecule has 4 aromatic rings. The summed E-state index contributed by atoms with van der Waals surface area (Å²) >= 11 is 0. The van der Waals surface area contributed by atoms with Crippen LogP contribution in [0.2, 0.25) is 0 Å². The summed E-state index contributed by atoms with van der Waals surface area (Å²) in [7, 11) is 0. The van der Waals surface area contributed by atoms with Crippen LogP contribution in [0.1, 0.15) is 27.8 Å². The molecule has 0 amide bonds. The minimum absolute atomic E-state index is 0.840. The van der Waals surface area contributed by atoms with Crippen LogP contribution in [0, 0.1) is 27.7 Å². The van der Waals surface area contributed by atoms with Crippen LogP contribution in [0.3, 0.4) is 0 Å².